The second kappa shape index (κ2) is 11.1. The monoisotopic (exact) mass is 438 g/mol. The molecule has 2 fully saturated rings. The molecule has 1 aromatic heterocycles. The lowest BCUT2D eigenvalue weighted by molar-refractivity contribution is 0.0961. The predicted octanol–water partition coefficient (Wildman–Crippen LogP) is 3.88. The number of ether oxygens (including phenoxy) is 1. The van der Waals surface area contributed by atoms with Gasteiger partial charge < -0.3 is 24.3 Å². The molecule has 7 heteroatoms. The van der Waals surface area contributed by atoms with Gasteiger partial charge in [0.25, 0.3) is 0 Å². The molecule has 1 unspecified atom stereocenters. The molecule has 1 N–H and O–H groups in total. The van der Waals surface area contributed by atoms with Gasteiger partial charge in [0.15, 0.2) is 5.96 Å². The van der Waals surface area contributed by atoms with Crippen molar-refractivity contribution in [3.63, 3.8) is 0 Å². The van der Waals surface area contributed by atoms with Crippen molar-refractivity contribution in [2.24, 2.45) is 4.99 Å². The lowest BCUT2D eigenvalue weighted by atomic mass is 9.99. The lowest BCUT2D eigenvalue weighted by Gasteiger charge is -2.34. The van der Waals surface area contributed by atoms with Crippen molar-refractivity contribution >= 4 is 12.1 Å². The van der Waals surface area contributed by atoms with E-state index >= 15 is 0 Å². The van der Waals surface area contributed by atoms with E-state index in [9.17, 15) is 4.79 Å². The number of furan rings is 1. The van der Waals surface area contributed by atoms with E-state index in [-0.39, 0.29) is 6.09 Å². The molecule has 1 atom stereocenters. The third kappa shape index (κ3) is 5.84. The third-order valence-corrected chi connectivity index (χ3v) is 6.31. The number of nitrogens with zero attached hydrogens (tertiary/aromatic N) is 3. The van der Waals surface area contributed by atoms with Crippen molar-refractivity contribution in [1.82, 2.24) is 15.1 Å². The number of benzene rings is 1. The van der Waals surface area contributed by atoms with Gasteiger partial charge in [-0.3, -0.25) is 4.99 Å². The summed E-state index contributed by atoms with van der Waals surface area (Å²) in [6.45, 7) is 6.33. The van der Waals surface area contributed by atoms with Crippen molar-refractivity contribution in [2.75, 3.05) is 39.3 Å². The molecule has 0 spiro atoms. The summed E-state index contributed by atoms with van der Waals surface area (Å²) in [4.78, 5) is 21.1. The van der Waals surface area contributed by atoms with E-state index in [0.29, 0.717) is 38.2 Å². The van der Waals surface area contributed by atoms with Gasteiger partial charge in [0.1, 0.15) is 5.76 Å². The van der Waals surface area contributed by atoms with Crippen LogP contribution in [0.15, 0.2) is 58.1 Å². The van der Waals surface area contributed by atoms with Gasteiger partial charge in [0, 0.05) is 51.1 Å². The molecule has 1 amide bonds. The van der Waals surface area contributed by atoms with Gasteiger partial charge >= 0.3 is 6.09 Å². The molecule has 32 heavy (non-hydrogen) atoms. The summed E-state index contributed by atoms with van der Waals surface area (Å²) in [5.74, 6) is 2.46. The maximum absolute atomic E-state index is 12.0. The number of guanidine groups is 1. The molecule has 2 aliphatic heterocycles. The Morgan fingerprint density at radius 3 is 2.59 bits per heavy atom. The standard InChI is InChI=1S/C25H34N4O3/c1-2-31-25(30)28-16-12-22(13-17-28)27-24(26-14-10-23-9-6-18-32-23)29-15-11-21(19-29)20-7-4-3-5-8-20/h3-9,18,21-22H,2,10-17,19H2,1H3,(H,26,27). The van der Waals surface area contributed by atoms with Crippen LogP contribution in [0.25, 0.3) is 0 Å². The molecule has 2 aliphatic rings. The number of amides is 1. The van der Waals surface area contributed by atoms with E-state index in [2.05, 4.69) is 40.5 Å². The molecular formula is C25H34N4O3. The molecule has 0 aliphatic carbocycles. The van der Waals surface area contributed by atoms with Gasteiger partial charge in [0.05, 0.1) is 12.9 Å². The zero-order valence-corrected chi connectivity index (χ0v) is 18.9. The first-order valence-electron chi connectivity index (χ1n) is 11.8. The third-order valence-electron chi connectivity index (χ3n) is 6.31. The van der Waals surface area contributed by atoms with Crippen molar-refractivity contribution in [3.8, 4) is 0 Å². The molecule has 3 heterocycles. The van der Waals surface area contributed by atoms with Crippen LogP contribution in [-0.4, -0.2) is 67.2 Å². The normalized spacial score (nSPS) is 19.9. The maximum Gasteiger partial charge on any atom is 0.409 e. The summed E-state index contributed by atoms with van der Waals surface area (Å²) >= 11 is 0. The van der Waals surface area contributed by atoms with E-state index in [1.807, 2.05) is 19.1 Å². The quantitative estimate of drug-likeness (QED) is 0.548. The zero-order chi connectivity index (χ0) is 22.2. The Balaban J connectivity index is 1.37. The number of hydrogen-bond acceptors (Lipinski definition) is 4. The van der Waals surface area contributed by atoms with Crippen LogP contribution < -0.4 is 5.32 Å². The summed E-state index contributed by atoms with van der Waals surface area (Å²) in [5, 5.41) is 3.71. The number of carbonyl (C=O) groups excluding carboxylic acids is 1. The fourth-order valence-electron chi connectivity index (χ4n) is 4.52. The van der Waals surface area contributed by atoms with E-state index in [1.54, 1.807) is 11.2 Å². The molecule has 1 aromatic carbocycles. The van der Waals surface area contributed by atoms with E-state index in [0.717, 1.165) is 50.5 Å². The highest BCUT2D eigenvalue weighted by molar-refractivity contribution is 5.81. The number of rotatable bonds is 6. The van der Waals surface area contributed by atoms with Crippen LogP contribution >= 0.6 is 0 Å². The van der Waals surface area contributed by atoms with Gasteiger partial charge in [-0.15, -0.1) is 0 Å². The summed E-state index contributed by atoms with van der Waals surface area (Å²) in [6.07, 6.45) is 5.21. The Morgan fingerprint density at radius 2 is 1.88 bits per heavy atom. The lowest BCUT2D eigenvalue weighted by Crippen LogP contribution is -2.50. The Morgan fingerprint density at radius 1 is 1.09 bits per heavy atom. The molecule has 172 valence electrons. The van der Waals surface area contributed by atoms with Crippen LogP contribution in [0, 0.1) is 0 Å². The molecule has 0 bridgehead atoms. The van der Waals surface area contributed by atoms with Crippen molar-refractivity contribution in [3.05, 3.63) is 60.1 Å². The highest BCUT2D eigenvalue weighted by Gasteiger charge is 2.29. The maximum atomic E-state index is 12.0. The molecule has 4 rings (SSSR count). The zero-order valence-electron chi connectivity index (χ0n) is 18.9. The number of hydrogen-bond donors (Lipinski definition) is 1. The van der Waals surface area contributed by atoms with Gasteiger partial charge in [-0.2, -0.15) is 0 Å². The van der Waals surface area contributed by atoms with Crippen LogP contribution in [0.4, 0.5) is 4.79 Å². The number of likely N-dealkylation sites (tertiary alicyclic amines) is 2. The fourth-order valence-corrected chi connectivity index (χ4v) is 4.52. The second-order valence-electron chi connectivity index (χ2n) is 8.48. The van der Waals surface area contributed by atoms with Crippen molar-refractivity contribution < 1.29 is 13.9 Å². The first-order chi connectivity index (χ1) is 15.7. The first kappa shape index (κ1) is 22.2. The molecule has 7 nitrogen and oxygen atoms in total. The number of piperidine rings is 1. The van der Waals surface area contributed by atoms with E-state index in [1.165, 1.54) is 5.56 Å². The van der Waals surface area contributed by atoms with Crippen LogP contribution in [0.2, 0.25) is 0 Å². The second-order valence-corrected chi connectivity index (χ2v) is 8.48. The number of aliphatic imine (C=N–C) groups is 1. The van der Waals surface area contributed by atoms with Crippen molar-refractivity contribution in [1.29, 1.82) is 0 Å². The predicted molar refractivity (Wildman–Crippen MR) is 125 cm³/mol. The fraction of sp³-hybridized carbons (Fsp3) is 0.520. The van der Waals surface area contributed by atoms with Crippen LogP contribution in [0.1, 0.15) is 43.4 Å². The van der Waals surface area contributed by atoms with Gasteiger partial charge in [-0.1, -0.05) is 30.3 Å². The van der Waals surface area contributed by atoms with Crippen molar-refractivity contribution in [2.45, 2.75) is 44.6 Å². The molecule has 0 saturated carbocycles. The van der Waals surface area contributed by atoms with Crippen LogP contribution in [-0.2, 0) is 11.2 Å². The average molecular weight is 439 g/mol. The molecular weight excluding hydrogens is 404 g/mol. The topological polar surface area (TPSA) is 70.3 Å². The molecule has 2 aromatic rings. The minimum absolute atomic E-state index is 0.205. The minimum atomic E-state index is -0.205. The molecule has 0 radical (unpaired) electrons. The Labute approximate surface area is 190 Å². The van der Waals surface area contributed by atoms with E-state index in [4.69, 9.17) is 14.1 Å². The number of nitrogens with one attached hydrogen (secondary N) is 1. The smallest absolute Gasteiger partial charge is 0.409 e. The number of carbonyl (C=O) groups is 1. The highest BCUT2D eigenvalue weighted by atomic mass is 16.6. The highest BCUT2D eigenvalue weighted by Crippen LogP contribution is 2.27. The summed E-state index contributed by atoms with van der Waals surface area (Å²) in [5.41, 5.74) is 1.40. The largest absolute Gasteiger partial charge is 0.469 e. The summed E-state index contributed by atoms with van der Waals surface area (Å²) in [6, 6.07) is 15.0. The first-order valence-corrected chi connectivity index (χ1v) is 11.8. The van der Waals surface area contributed by atoms with Gasteiger partial charge in [0.2, 0.25) is 0 Å². The van der Waals surface area contributed by atoms with Crippen LogP contribution in [0.3, 0.4) is 0 Å². The van der Waals surface area contributed by atoms with E-state index < -0.39 is 0 Å². The summed E-state index contributed by atoms with van der Waals surface area (Å²) < 4.78 is 10.6. The minimum Gasteiger partial charge on any atom is -0.469 e. The summed E-state index contributed by atoms with van der Waals surface area (Å²) in [7, 11) is 0. The Hall–Kier alpha value is -2.96. The Kier molecular flexibility index (Phi) is 7.69. The average Bonchev–Trinajstić information content (AvgIpc) is 3.52. The molecule has 2 saturated heterocycles. The van der Waals surface area contributed by atoms with Crippen LogP contribution in [0.5, 0.6) is 0 Å². The van der Waals surface area contributed by atoms with Gasteiger partial charge in [-0.05, 0) is 43.9 Å². The Bertz CT molecular complexity index is 861. The van der Waals surface area contributed by atoms with Gasteiger partial charge in [-0.25, -0.2) is 4.79 Å². The SMILES string of the molecule is CCOC(=O)N1CCC(NC(=NCCc2ccco2)N2CCC(c3ccccc3)C2)CC1.